The molecule has 96 valence electrons. The van der Waals surface area contributed by atoms with E-state index in [1.165, 1.54) is 11.3 Å². The number of aromatic nitrogens is 1. The van der Waals surface area contributed by atoms with E-state index in [0.29, 0.717) is 22.6 Å². The number of hydrogen-bond donors (Lipinski definition) is 0. The number of ether oxygens (including phenoxy) is 1. The van der Waals surface area contributed by atoms with E-state index >= 15 is 0 Å². The molecule has 1 fully saturated rings. The molecule has 1 aliphatic rings. The lowest BCUT2D eigenvalue weighted by Gasteiger charge is -2.29. The minimum absolute atomic E-state index is 0.133. The highest BCUT2D eigenvalue weighted by Gasteiger charge is 2.41. The van der Waals surface area contributed by atoms with Gasteiger partial charge in [0.25, 0.3) is 5.19 Å². The first-order valence-corrected chi connectivity index (χ1v) is 6.97. The van der Waals surface area contributed by atoms with E-state index in [9.17, 15) is 13.2 Å². The van der Waals surface area contributed by atoms with Gasteiger partial charge in [0.05, 0.1) is 5.92 Å². The van der Waals surface area contributed by atoms with Crippen molar-refractivity contribution in [3.63, 3.8) is 0 Å². The lowest BCUT2D eigenvalue weighted by molar-refractivity contribution is -0.185. The molecule has 0 atom stereocenters. The van der Waals surface area contributed by atoms with Crippen LogP contribution in [0, 0.1) is 5.92 Å². The molecule has 1 aliphatic carbocycles. The monoisotopic (exact) mass is 329 g/mol. The quantitative estimate of drug-likeness (QED) is 0.802. The van der Waals surface area contributed by atoms with Crippen LogP contribution in [0.15, 0.2) is 9.98 Å². The molecular weight excluding hydrogens is 319 g/mol. The van der Waals surface area contributed by atoms with Gasteiger partial charge in [0.1, 0.15) is 10.7 Å². The Morgan fingerprint density at radius 1 is 1.29 bits per heavy atom. The molecule has 0 aromatic carbocycles. The first-order valence-electron chi connectivity index (χ1n) is 5.29. The van der Waals surface area contributed by atoms with E-state index in [0.717, 1.165) is 0 Å². The number of halogens is 4. The predicted molar refractivity (Wildman–Crippen MR) is 62.2 cm³/mol. The van der Waals surface area contributed by atoms with Crippen LogP contribution in [-0.2, 0) is 0 Å². The Balaban J connectivity index is 1.83. The van der Waals surface area contributed by atoms with E-state index in [1.54, 1.807) is 5.38 Å². The van der Waals surface area contributed by atoms with Crippen LogP contribution in [0.1, 0.15) is 25.7 Å². The Bertz CT molecular complexity index is 374. The van der Waals surface area contributed by atoms with Crippen LogP contribution < -0.4 is 4.74 Å². The van der Waals surface area contributed by atoms with Crippen LogP contribution in [-0.4, -0.2) is 17.3 Å². The lowest BCUT2D eigenvalue weighted by atomic mass is 9.87. The average molecular weight is 330 g/mol. The maximum Gasteiger partial charge on any atom is 0.391 e. The zero-order chi connectivity index (χ0) is 12.5. The predicted octanol–water partition coefficient (Wildman–Crippen LogP) is 4.41. The molecule has 0 aliphatic heterocycles. The smallest absolute Gasteiger partial charge is 0.391 e. The molecule has 7 heteroatoms. The molecule has 0 spiro atoms. The molecule has 0 saturated heterocycles. The van der Waals surface area contributed by atoms with E-state index in [-0.39, 0.29) is 18.9 Å². The second kappa shape index (κ2) is 5.14. The van der Waals surface area contributed by atoms with Gasteiger partial charge in [0.2, 0.25) is 0 Å². The van der Waals surface area contributed by atoms with Gasteiger partial charge in [0.15, 0.2) is 0 Å². The van der Waals surface area contributed by atoms with Crippen molar-refractivity contribution < 1.29 is 17.9 Å². The van der Waals surface area contributed by atoms with Gasteiger partial charge in [-0.05, 0) is 41.6 Å². The number of hydrogen-bond acceptors (Lipinski definition) is 3. The van der Waals surface area contributed by atoms with Gasteiger partial charge in [-0.3, -0.25) is 0 Å². The Labute approximate surface area is 109 Å². The molecule has 1 aromatic heterocycles. The van der Waals surface area contributed by atoms with Gasteiger partial charge in [-0.1, -0.05) is 11.3 Å². The normalized spacial score (nSPS) is 25.9. The van der Waals surface area contributed by atoms with Crippen LogP contribution in [0.5, 0.6) is 5.19 Å². The van der Waals surface area contributed by atoms with Crippen molar-refractivity contribution in [2.24, 2.45) is 5.92 Å². The molecule has 0 unspecified atom stereocenters. The molecule has 1 aromatic rings. The van der Waals surface area contributed by atoms with Crippen molar-refractivity contribution in [1.29, 1.82) is 0 Å². The zero-order valence-electron chi connectivity index (χ0n) is 8.84. The summed E-state index contributed by atoms with van der Waals surface area (Å²) >= 11 is 4.55. The SMILES string of the molecule is FC(F)(F)C1CCC(Oc2nc(Br)cs2)CC1. The molecule has 2 nitrogen and oxygen atoms in total. The van der Waals surface area contributed by atoms with Gasteiger partial charge < -0.3 is 4.74 Å². The minimum Gasteiger partial charge on any atom is -0.467 e. The minimum atomic E-state index is -4.06. The van der Waals surface area contributed by atoms with Crippen molar-refractivity contribution in [3.05, 3.63) is 9.98 Å². The van der Waals surface area contributed by atoms with Crippen molar-refractivity contribution in [3.8, 4) is 5.19 Å². The topological polar surface area (TPSA) is 22.1 Å². The summed E-state index contributed by atoms with van der Waals surface area (Å²) in [4.78, 5) is 4.06. The second-order valence-electron chi connectivity index (χ2n) is 4.07. The fourth-order valence-corrected chi connectivity index (χ4v) is 3.10. The first-order chi connectivity index (χ1) is 7.95. The molecule has 1 heterocycles. The third-order valence-corrected chi connectivity index (χ3v) is 4.30. The van der Waals surface area contributed by atoms with Crippen LogP contribution in [0.4, 0.5) is 13.2 Å². The third kappa shape index (κ3) is 3.58. The molecule has 1 saturated carbocycles. The summed E-state index contributed by atoms with van der Waals surface area (Å²) in [6, 6.07) is 0. The van der Waals surface area contributed by atoms with E-state index < -0.39 is 12.1 Å². The van der Waals surface area contributed by atoms with E-state index in [2.05, 4.69) is 20.9 Å². The summed E-state index contributed by atoms with van der Waals surface area (Å²) in [5, 5.41) is 2.31. The summed E-state index contributed by atoms with van der Waals surface area (Å²) in [7, 11) is 0. The van der Waals surface area contributed by atoms with Crippen LogP contribution in [0.3, 0.4) is 0 Å². The van der Waals surface area contributed by atoms with Crippen molar-refractivity contribution in [2.75, 3.05) is 0 Å². The fraction of sp³-hybridized carbons (Fsp3) is 0.700. The maximum atomic E-state index is 12.4. The summed E-state index contributed by atoms with van der Waals surface area (Å²) in [5.41, 5.74) is 0. The Morgan fingerprint density at radius 2 is 1.94 bits per heavy atom. The van der Waals surface area contributed by atoms with Gasteiger partial charge in [-0.2, -0.15) is 18.2 Å². The average Bonchev–Trinajstić information content (AvgIpc) is 2.63. The number of rotatable bonds is 2. The summed E-state index contributed by atoms with van der Waals surface area (Å²) in [5.74, 6) is -1.16. The highest BCUT2D eigenvalue weighted by Crippen LogP contribution is 2.38. The van der Waals surface area contributed by atoms with Gasteiger partial charge >= 0.3 is 6.18 Å². The molecule has 0 radical (unpaired) electrons. The van der Waals surface area contributed by atoms with Crippen LogP contribution in [0.25, 0.3) is 0 Å². The molecular formula is C10H11BrF3NOS. The number of alkyl halides is 3. The van der Waals surface area contributed by atoms with Crippen LogP contribution >= 0.6 is 27.3 Å². The highest BCUT2D eigenvalue weighted by molar-refractivity contribution is 9.10. The number of thiazole rings is 1. The van der Waals surface area contributed by atoms with Gasteiger partial charge in [0, 0.05) is 5.38 Å². The summed E-state index contributed by atoms with van der Waals surface area (Å²) < 4.78 is 43.6. The Kier molecular flexibility index (Phi) is 3.97. The summed E-state index contributed by atoms with van der Waals surface area (Å²) in [6.45, 7) is 0. The lowest BCUT2D eigenvalue weighted by Crippen LogP contribution is -2.31. The van der Waals surface area contributed by atoms with E-state index in [1.807, 2.05) is 0 Å². The van der Waals surface area contributed by atoms with Gasteiger partial charge in [-0.25, -0.2) is 0 Å². The third-order valence-electron chi connectivity index (χ3n) is 2.86. The Hall–Kier alpha value is -0.300. The van der Waals surface area contributed by atoms with Gasteiger partial charge in [-0.15, -0.1) is 0 Å². The molecule has 2 rings (SSSR count). The molecule has 17 heavy (non-hydrogen) atoms. The second-order valence-corrected chi connectivity index (χ2v) is 5.70. The number of nitrogens with zero attached hydrogens (tertiary/aromatic N) is 1. The fourth-order valence-electron chi connectivity index (χ4n) is 1.94. The van der Waals surface area contributed by atoms with E-state index in [4.69, 9.17) is 4.74 Å². The van der Waals surface area contributed by atoms with Crippen molar-refractivity contribution in [1.82, 2.24) is 4.98 Å². The zero-order valence-corrected chi connectivity index (χ0v) is 11.2. The highest BCUT2D eigenvalue weighted by atomic mass is 79.9. The Morgan fingerprint density at radius 3 is 2.41 bits per heavy atom. The standard InChI is InChI=1S/C10H11BrF3NOS/c11-8-5-17-9(15-8)16-7-3-1-6(2-4-7)10(12,13)14/h5-7H,1-4H2. The molecule has 0 amide bonds. The molecule has 0 bridgehead atoms. The molecule has 0 N–H and O–H groups in total. The maximum absolute atomic E-state index is 12.4. The van der Waals surface area contributed by atoms with Crippen molar-refractivity contribution >= 4 is 27.3 Å². The first kappa shape index (κ1) is 13.1. The van der Waals surface area contributed by atoms with Crippen LogP contribution in [0.2, 0.25) is 0 Å². The summed E-state index contributed by atoms with van der Waals surface area (Å²) in [6.07, 6.45) is -2.99. The largest absolute Gasteiger partial charge is 0.467 e. The van der Waals surface area contributed by atoms with Crippen molar-refractivity contribution in [2.45, 2.75) is 38.0 Å².